The Bertz CT molecular complexity index is 376. The molecule has 114 valence electrons. The SMILES string of the molecule is CCCCCCCCCCC(O)c1ncc(C)cc1C. The zero-order chi connectivity index (χ0) is 14.8. The van der Waals surface area contributed by atoms with E-state index in [4.69, 9.17) is 0 Å². The Kier molecular flexibility index (Phi) is 8.52. The van der Waals surface area contributed by atoms with Crippen LogP contribution in [0.3, 0.4) is 0 Å². The molecule has 0 bridgehead atoms. The molecule has 0 aliphatic rings. The largest absolute Gasteiger partial charge is 0.387 e. The van der Waals surface area contributed by atoms with E-state index in [1.165, 1.54) is 44.9 Å². The first-order valence-electron chi connectivity index (χ1n) is 8.26. The van der Waals surface area contributed by atoms with Crippen LogP contribution in [-0.4, -0.2) is 10.1 Å². The number of unbranched alkanes of at least 4 members (excludes halogenated alkanes) is 7. The Morgan fingerprint density at radius 2 is 1.60 bits per heavy atom. The quantitative estimate of drug-likeness (QED) is 0.591. The van der Waals surface area contributed by atoms with Gasteiger partial charge in [0.25, 0.3) is 0 Å². The minimum atomic E-state index is -0.393. The number of aryl methyl sites for hydroxylation is 2. The molecule has 0 saturated carbocycles. The monoisotopic (exact) mass is 277 g/mol. The number of pyridine rings is 1. The molecule has 0 aliphatic heterocycles. The van der Waals surface area contributed by atoms with Crippen molar-refractivity contribution in [1.29, 1.82) is 0 Å². The van der Waals surface area contributed by atoms with Crippen LogP contribution in [0.15, 0.2) is 12.3 Å². The summed E-state index contributed by atoms with van der Waals surface area (Å²) < 4.78 is 0. The van der Waals surface area contributed by atoms with Gasteiger partial charge in [-0.1, -0.05) is 64.4 Å². The van der Waals surface area contributed by atoms with Crippen molar-refractivity contribution in [1.82, 2.24) is 4.98 Å². The third-order valence-corrected chi connectivity index (χ3v) is 3.90. The van der Waals surface area contributed by atoms with Gasteiger partial charge in [0, 0.05) is 6.20 Å². The zero-order valence-electron chi connectivity index (χ0n) is 13.5. The van der Waals surface area contributed by atoms with Crippen molar-refractivity contribution in [3.8, 4) is 0 Å². The minimum absolute atomic E-state index is 0.393. The normalized spacial score (nSPS) is 12.6. The fourth-order valence-electron chi connectivity index (χ4n) is 2.68. The van der Waals surface area contributed by atoms with Crippen molar-refractivity contribution in [3.63, 3.8) is 0 Å². The number of aromatic nitrogens is 1. The van der Waals surface area contributed by atoms with Gasteiger partial charge in [-0.3, -0.25) is 4.98 Å². The molecule has 20 heavy (non-hydrogen) atoms. The summed E-state index contributed by atoms with van der Waals surface area (Å²) in [5, 5.41) is 10.2. The van der Waals surface area contributed by atoms with E-state index in [1.807, 2.05) is 20.0 Å². The van der Waals surface area contributed by atoms with Crippen LogP contribution in [-0.2, 0) is 0 Å². The van der Waals surface area contributed by atoms with Crippen LogP contribution in [0, 0.1) is 13.8 Å². The Balaban J connectivity index is 2.15. The Morgan fingerprint density at radius 3 is 2.20 bits per heavy atom. The van der Waals surface area contributed by atoms with E-state index < -0.39 is 6.10 Å². The average molecular weight is 277 g/mol. The standard InChI is InChI=1S/C18H31NO/c1-4-5-6-7-8-9-10-11-12-17(20)18-16(3)13-15(2)14-19-18/h13-14,17,20H,4-12H2,1-3H3. The van der Waals surface area contributed by atoms with Gasteiger partial charge < -0.3 is 5.11 Å². The van der Waals surface area contributed by atoms with Crippen LogP contribution in [0.1, 0.15) is 87.6 Å². The highest BCUT2D eigenvalue weighted by molar-refractivity contribution is 5.24. The van der Waals surface area contributed by atoms with Gasteiger partial charge in [-0.05, 0) is 31.4 Å². The molecule has 0 aromatic carbocycles. The molecule has 1 aromatic rings. The maximum atomic E-state index is 10.2. The lowest BCUT2D eigenvalue weighted by Crippen LogP contribution is -2.03. The molecular weight excluding hydrogens is 246 g/mol. The summed E-state index contributed by atoms with van der Waals surface area (Å²) in [5.41, 5.74) is 3.13. The second kappa shape index (κ2) is 9.93. The molecule has 0 saturated heterocycles. The molecule has 1 unspecified atom stereocenters. The fourth-order valence-corrected chi connectivity index (χ4v) is 2.68. The molecule has 2 nitrogen and oxygen atoms in total. The Hall–Kier alpha value is -0.890. The lowest BCUT2D eigenvalue weighted by atomic mass is 10.0. The van der Waals surface area contributed by atoms with Crippen LogP contribution in [0.5, 0.6) is 0 Å². The van der Waals surface area contributed by atoms with Gasteiger partial charge in [0.05, 0.1) is 11.8 Å². The highest BCUT2D eigenvalue weighted by Crippen LogP contribution is 2.22. The summed E-state index contributed by atoms with van der Waals surface area (Å²) in [6, 6.07) is 2.10. The summed E-state index contributed by atoms with van der Waals surface area (Å²) in [5.74, 6) is 0. The molecule has 1 atom stereocenters. The number of aliphatic hydroxyl groups excluding tert-OH is 1. The number of nitrogens with zero attached hydrogens (tertiary/aromatic N) is 1. The molecular formula is C18H31NO. The summed E-state index contributed by atoms with van der Waals surface area (Å²) in [7, 11) is 0. The third-order valence-electron chi connectivity index (χ3n) is 3.90. The highest BCUT2D eigenvalue weighted by Gasteiger charge is 2.11. The molecule has 1 heterocycles. The van der Waals surface area contributed by atoms with Crippen LogP contribution < -0.4 is 0 Å². The third kappa shape index (κ3) is 6.51. The lowest BCUT2D eigenvalue weighted by Gasteiger charge is -2.13. The van der Waals surface area contributed by atoms with Crippen molar-refractivity contribution in [3.05, 3.63) is 29.1 Å². The van der Waals surface area contributed by atoms with Gasteiger partial charge >= 0.3 is 0 Å². The molecule has 1 N–H and O–H groups in total. The molecule has 0 aliphatic carbocycles. The van der Waals surface area contributed by atoms with E-state index in [9.17, 15) is 5.11 Å². The predicted molar refractivity (Wildman–Crippen MR) is 85.9 cm³/mol. The van der Waals surface area contributed by atoms with Gasteiger partial charge in [-0.15, -0.1) is 0 Å². The van der Waals surface area contributed by atoms with Crippen LogP contribution in [0.2, 0.25) is 0 Å². The van der Waals surface area contributed by atoms with E-state index in [0.717, 1.165) is 29.7 Å². The Morgan fingerprint density at radius 1 is 1.00 bits per heavy atom. The van der Waals surface area contributed by atoms with E-state index >= 15 is 0 Å². The maximum absolute atomic E-state index is 10.2. The minimum Gasteiger partial charge on any atom is -0.387 e. The number of hydrogen-bond acceptors (Lipinski definition) is 2. The molecule has 0 radical (unpaired) electrons. The van der Waals surface area contributed by atoms with Gasteiger partial charge in [-0.2, -0.15) is 0 Å². The molecule has 0 fully saturated rings. The lowest BCUT2D eigenvalue weighted by molar-refractivity contribution is 0.158. The van der Waals surface area contributed by atoms with Crippen molar-refractivity contribution in [2.75, 3.05) is 0 Å². The van der Waals surface area contributed by atoms with Crippen LogP contribution in [0.4, 0.5) is 0 Å². The van der Waals surface area contributed by atoms with Crippen molar-refractivity contribution < 1.29 is 5.11 Å². The highest BCUT2D eigenvalue weighted by atomic mass is 16.3. The van der Waals surface area contributed by atoms with Gasteiger partial charge in [-0.25, -0.2) is 0 Å². The molecule has 1 aromatic heterocycles. The van der Waals surface area contributed by atoms with Crippen LogP contribution in [0.25, 0.3) is 0 Å². The van der Waals surface area contributed by atoms with E-state index in [2.05, 4.69) is 18.0 Å². The zero-order valence-corrected chi connectivity index (χ0v) is 13.5. The van der Waals surface area contributed by atoms with Crippen LogP contribution >= 0.6 is 0 Å². The molecule has 0 spiro atoms. The molecule has 1 rings (SSSR count). The van der Waals surface area contributed by atoms with E-state index in [1.54, 1.807) is 0 Å². The first-order chi connectivity index (χ1) is 9.65. The van der Waals surface area contributed by atoms with Crippen molar-refractivity contribution in [2.24, 2.45) is 0 Å². The van der Waals surface area contributed by atoms with Gasteiger partial charge in [0.2, 0.25) is 0 Å². The second-order valence-electron chi connectivity index (χ2n) is 5.99. The second-order valence-corrected chi connectivity index (χ2v) is 5.99. The average Bonchev–Trinajstić information content (AvgIpc) is 2.41. The summed E-state index contributed by atoms with van der Waals surface area (Å²) in [6.45, 7) is 6.32. The molecule has 2 heteroatoms. The van der Waals surface area contributed by atoms with Crippen molar-refractivity contribution in [2.45, 2.75) is 84.7 Å². The number of aliphatic hydroxyl groups is 1. The molecule has 0 amide bonds. The smallest absolute Gasteiger partial charge is 0.0962 e. The van der Waals surface area contributed by atoms with E-state index in [-0.39, 0.29) is 0 Å². The summed E-state index contributed by atoms with van der Waals surface area (Å²) in [4.78, 5) is 4.38. The number of hydrogen-bond donors (Lipinski definition) is 1. The van der Waals surface area contributed by atoms with Gasteiger partial charge in [0.15, 0.2) is 0 Å². The van der Waals surface area contributed by atoms with E-state index in [0.29, 0.717) is 0 Å². The maximum Gasteiger partial charge on any atom is 0.0962 e. The van der Waals surface area contributed by atoms with Gasteiger partial charge in [0.1, 0.15) is 0 Å². The summed E-state index contributed by atoms with van der Waals surface area (Å²) >= 11 is 0. The first kappa shape index (κ1) is 17.2. The van der Waals surface area contributed by atoms with Crippen molar-refractivity contribution >= 4 is 0 Å². The first-order valence-corrected chi connectivity index (χ1v) is 8.26. The fraction of sp³-hybridized carbons (Fsp3) is 0.722. The Labute approximate surface area is 124 Å². The topological polar surface area (TPSA) is 33.1 Å². The number of rotatable bonds is 10. The predicted octanol–water partition coefficient (Wildman–Crippen LogP) is 5.26. The summed E-state index contributed by atoms with van der Waals surface area (Å²) in [6.07, 6.45) is 12.7.